The summed E-state index contributed by atoms with van der Waals surface area (Å²) >= 11 is 0. The third-order valence-corrected chi connectivity index (χ3v) is 3.96. The molecule has 1 aromatic carbocycles. The van der Waals surface area contributed by atoms with Gasteiger partial charge in [-0.1, -0.05) is 18.9 Å². The van der Waals surface area contributed by atoms with E-state index in [-0.39, 0.29) is 5.91 Å². The molecule has 116 valence electrons. The predicted molar refractivity (Wildman–Crippen MR) is 84.4 cm³/mol. The van der Waals surface area contributed by atoms with Gasteiger partial charge < -0.3 is 20.7 Å². The lowest BCUT2D eigenvalue weighted by Gasteiger charge is -2.23. The van der Waals surface area contributed by atoms with Crippen molar-refractivity contribution in [2.75, 3.05) is 26.5 Å². The van der Waals surface area contributed by atoms with Gasteiger partial charge in [0.2, 0.25) is 5.91 Å². The largest absolute Gasteiger partial charge is 0.495 e. The zero-order valence-electron chi connectivity index (χ0n) is 13.1. The van der Waals surface area contributed by atoms with Crippen LogP contribution in [0.15, 0.2) is 18.2 Å². The quantitative estimate of drug-likeness (QED) is 0.870. The number of carbonyl (C=O) groups is 1. The van der Waals surface area contributed by atoms with E-state index in [0.29, 0.717) is 11.4 Å². The van der Waals surface area contributed by atoms with Gasteiger partial charge in [0.25, 0.3) is 0 Å². The molecule has 1 aromatic rings. The number of nitrogens with one attached hydrogen (secondary N) is 1. The molecule has 0 atom stereocenters. The number of anilines is 1. The molecule has 0 heterocycles. The van der Waals surface area contributed by atoms with Crippen LogP contribution in [0.5, 0.6) is 5.75 Å². The molecule has 0 saturated heterocycles. The SMILES string of the molecule is COc1ccc(CN(C)C)cc1NC(=O)C1(N)CCCC1. The Kier molecular flexibility index (Phi) is 4.85. The first kappa shape index (κ1) is 15.8. The normalized spacial score (nSPS) is 17.0. The van der Waals surface area contributed by atoms with E-state index >= 15 is 0 Å². The monoisotopic (exact) mass is 291 g/mol. The van der Waals surface area contributed by atoms with Gasteiger partial charge in [0, 0.05) is 6.54 Å². The zero-order chi connectivity index (χ0) is 15.5. The van der Waals surface area contributed by atoms with Crippen LogP contribution in [-0.4, -0.2) is 37.6 Å². The highest BCUT2D eigenvalue weighted by atomic mass is 16.5. The maximum atomic E-state index is 12.4. The van der Waals surface area contributed by atoms with Gasteiger partial charge in [0.05, 0.1) is 18.3 Å². The van der Waals surface area contributed by atoms with Crippen LogP contribution in [0.1, 0.15) is 31.2 Å². The highest BCUT2D eigenvalue weighted by Gasteiger charge is 2.37. The molecule has 0 bridgehead atoms. The standard InChI is InChI=1S/C16H25N3O2/c1-19(2)11-12-6-7-14(21-3)13(10-12)18-15(20)16(17)8-4-5-9-16/h6-7,10H,4-5,8-9,11,17H2,1-3H3,(H,18,20). The van der Waals surface area contributed by atoms with E-state index in [0.717, 1.165) is 37.8 Å². The van der Waals surface area contributed by atoms with Crippen molar-refractivity contribution >= 4 is 11.6 Å². The minimum atomic E-state index is -0.734. The Bertz CT molecular complexity index is 508. The van der Waals surface area contributed by atoms with Crippen LogP contribution in [0.4, 0.5) is 5.69 Å². The molecule has 0 spiro atoms. The summed E-state index contributed by atoms with van der Waals surface area (Å²) in [4.78, 5) is 14.5. The molecule has 5 nitrogen and oxygen atoms in total. The minimum absolute atomic E-state index is 0.111. The van der Waals surface area contributed by atoms with E-state index in [1.807, 2.05) is 32.3 Å². The zero-order valence-corrected chi connectivity index (χ0v) is 13.1. The lowest BCUT2D eigenvalue weighted by atomic mass is 9.98. The van der Waals surface area contributed by atoms with E-state index in [1.165, 1.54) is 0 Å². The molecule has 0 radical (unpaired) electrons. The molecule has 1 amide bonds. The first-order valence-corrected chi connectivity index (χ1v) is 7.36. The van der Waals surface area contributed by atoms with Crippen LogP contribution in [0.25, 0.3) is 0 Å². The summed E-state index contributed by atoms with van der Waals surface area (Å²) in [6, 6.07) is 5.84. The molecule has 1 saturated carbocycles. The van der Waals surface area contributed by atoms with Crippen molar-refractivity contribution in [1.29, 1.82) is 0 Å². The summed E-state index contributed by atoms with van der Waals surface area (Å²) in [5.74, 6) is 0.549. The minimum Gasteiger partial charge on any atom is -0.495 e. The van der Waals surface area contributed by atoms with Crippen LogP contribution in [-0.2, 0) is 11.3 Å². The van der Waals surface area contributed by atoms with Crippen LogP contribution < -0.4 is 15.8 Å². The lowest BCUT2D eigenvalue weighted by molar-refractivity contribution is -0.121. The van der Waals surface area contributed by atoms with Gasteiger partial charge in [-0.15, -0.1) is 0 Å². The molecule has 0 unspecified atom stereocenters. The summed E-state index contributed by atoms with van der Waals surface area (Å²) < 4.78 is 5.33. The molecular weight excluding hydrogens is 266 g/mol. The Labute approximate surface area is 126 Å². The summed E-state index contributed by atoms with van der Waals surface area (Å²) in [5, 5.41) is 2.95. The molecule has 2 rings (SSSR count). The average molecular weight is 291 g/mol. The maximum Gasteiger partial charge on any atom is 0.244 e. The van der Waals surface area contributed by atoms with E-state index in [1.54, 1.807) is 7.11 Å². The number of methoxy groups -OCH3 is 1. The van der Waals surface area contributed by atoms with Gasteiger partial charge in [-0.3, -0.25) is 4.79 Å². The van der Waals surface area contributed by atoms with Crippen molar-refractivity contribution in [3.63, 3.8) is 0 Å². The molecule has 1 aliphatic rings. The van der Waals surface area contributed by atoms with Gasteiger partial charge in [-0.2, -0.15) is 0 Å². The summed E-state index contributed by atoms with van der Waals surface area (Å²) in [7, 11) is 5.62. The Balaban J connectivity index is 2.18. The second-order valence-electron chi connectivity index (χ2n) is 6.09. The maximum absolute atomic E-state index is 12.4. The fourth-order valence-electron chi connectivity index (χ4n) is 2.80. The number of amides is 1. The van der Waals surface area contributed by atoms with Crippen LogP contribution in [0.3, 0.4) is 0 Å². The van der Waals surface area contributed by atoms with Crippen molar-refractivity contribution in [1.82, 2.24) is 4.90 Å². The number of hydrogen-bond donors (Lipinski definition) is 2. The first-order chi connectivity index (χ1) is 9.94. The third-order valence-electron chi connectivity index (χ3n) is 3.96. The van der Waals surface area contributed by atoms with E-state index in [2.05, 4.69) is 10.2 Å². The van der Waals surface area contributed by atoms with Crippen LogP contribution in [0.2, 0.25) is 0 Å². The van der Waals surface area contributed by atoms with Crippen LogP contribution in [0, 0.1) is 0 Å². The van der Waals surface area contributed by atoms with Crippen LogP contribution >= 0.6 is 0 Å². The smallest absolute Gasteiger partial charge is 0.244 e. The van der Waals surface area contributed by atoms with E-state index in [9.17, 15) is 4.79 Å². The first-order valence-electron chi connectivity index (χ1n) is 7.36. The molecule has 21 heavy (non-hydrogen) atoms. The molecular formula is C16H25N3O2. The number of nitrogens with zero attached hydrogens (tertiary/aromatic N) is 1. The van der Waals surface area contributed by atoms with Crippen molar-refractivity contribution < 1.29 is 9.53 Å². The topological polar surface area (TPSA) is 67.6 Å². The number of rotatable bonds is 5. The van der Waals surface area contributed by atoms with Crippen molar-refractivity contribution in [3.05, 3.63) is 23.8 Å². The second kappa shape index (κ2) is 6.45. The van der Waals surface area contributed by atoms with Gasteiger partial charge in [-0.05, 0) is 44.6 Å². The highest BCUT2D eigenvalue weighted by Crippen LogP contribution is 2.31. The molecule has 1 fully saturated rings. The summed E-state index contributed by atoms with van der Waals surface area (Å²) in [6.45, 7) is 0.806. The molecule has 5 heteroatoms. The third kappa shape index (κ3) is 3.74. The summed E-state index contributed by atoms with van der Waals surface area (Å²) in [6.07, 6.45) is 3.53. The fraction of sp³-hybridized carbons (Fsp3) is 0.562. The van der Waals surface area contributed by atoms with Gasteiger partial charge in [-0.25, -0.2) is 0 Å². The Morgan fingerprint density at radius 3 is 2.62 bits per heavy atom. The van der Waals surface area contributed by atoms with Crippen molar-refractivity contribution in [2.45, 2.75) is 37.8 Å². The number of nitrogens with two attached hydrogens (primary N) is 1. The second-order valence-corrected chi connectivity index (χ2v) is 6.09. The lowest BCUT2D eigenvalue weighted by Crippen LogP contribution is -2.48. The number of ether oxygens (including phenoxy) is 1. The van der Waals surface area contributed by atoms with E-state index in [4.69, 9.17) is 10.5 Å². The Morgan fingerprint density at radius 2 is 2.05 bits per heavy atom. The predicted octanol–water partition coefficient (Wildman–Crippen LogP) is 1.97. The summed E-state index contributed by atoms with van der Waals surface area (Å²) in [5.41, 5.74) is 7.28. The average Bonchev–Trinajstić information content (AvgIpc) is 2.87. The molecule has 0 aromatic heterocycles. The molecule has 1 aliphatic carbocycles. The number of carbonyl (C=O) groups excluding carboxylic acids is 1. The molecule has 3 N–H and O–H groups in total. The number of benzene rings is 1. The van der Waals surface area contributed by atoms with E-state index < -0.39 is 5.54 Å². The Morgan fingerprint density at radius 1 is 1.38 bits per heavy atom. The van der Waals surface area contributed by atoms with Crippen molar-refractivity contribution in [3.8, 4) is 5.75 Å². The fourth-order valence-corrected chi connectivity index (χ4v) is 2.80. The molecule has 0 aliphatic heterocycles. The number of hydrogen-bond acceptors (Lipinski definition) is 4. The van der Waals surface area contributed by atoms with Gasteiger partial charge >= 0.3 is 0 Å². The van der Waals surface area contributed by atoms with Crippen molar-refractivity contribution in [2.24, 2.45) is 5.73 Å². The highest BCUT2D eigenvalue weighted by molar-refractivity contribution is 5.99. The van der Waals surface area contributed by atoms with Gasteiger partial charge in [0.1, 0.15) is 5.75 Å². The van der Waals surface area contributed by atoms with Gasteiger partial charge in [0.15, 0.2) is 0 Å². The Hall–Kier alpha value is -1.59.